The van der Waals surface area contributed by atoms with Gasteiger partial charge in [0, 0.05) is 26.2 Å². The molecule has 2 aliphatic rings. The largest absolute Gasteiger partial charge is 0.365 e. The molecule has 3 unspecified atom stereocenters. The van der Waals surface area contributed by atoms with Gasteiger partial charge in [0.1, 0.15) is 6.10 Å². The van der Waals surface area contributed by atoms with Gasteiger partial charge in [0.15, 0.2) is 5.82 Å². The van der Waals surface area contributed by atoms with Crippen LogP contribution in [0.2, 0.25) is 0 Å². The maximum Gasteiger partial charge on any atom is 0.255 e. The number of aromatic nitrogens is 2. The van der Waals surface area contributed by atoms with Gasteiger partial charge in [-0.1, -0.05) is 18.5 Å². The Kier molecular flexibility index (Phi) is 4.87. The molecule has 1 N–H and O–H groups in total. The van der Waals surface area contributed by atoms with Crippen LogP contribution in [0.4, 0.5) is 0 Å². The minimum Gasteiger partial charge on any atom is -0.365 e. The number of piperazine rings is 1. The van der Waals surface area contributed by atoms with Crippen molar-refractivity contribution in [3.8, 4) is 0 Å². The van der Waals surface area contributed by atoms with Crippen molar-refractivity contribution in [2.45, 2.75) is 57.8 Å². The van der Waals surface area contributed by atoms with E-state index in [1.54, 1.807) is 0 Å². The van der Waals surface area contributed by atoms with Crippen LogP contribution in [0.5, 0.6) is 0 Å². The first kappa shape index (κ1) is 14.9. The van der Waals surface area contributed by atoms with Crippen molar-refractivity contribution >= 4 is 0 Å². The highest BCUT2D eigenvalue weighted by atomic mass is 16.5. The van der Waals surface area contributed by atoms with E-state index in [1.165, 1.54) is 0 Å². The number of rotatable bonds is 5. The van der Waals surface area contributed by atoms with Crippen molar-refractivity contribution in [3.63, 3.8) is 0 Å². The minimum absolute atomic E-state index is 0.00782. The smallest absolute Gasteiger partial charge is 0.255 e. The molecule has 3 rings (SSSR count). The van der Waals surface area contributed by atoms with Crippen LogP contribution in [0.3, 0.4) is 0 Å². The molecular weight excluding hydrogens is 268 g/mol. The molecule has 2 saturated heterocycles. The van der Waals surface area contributed by atoms with Gasteiger partial charge in [-0.15, -0.1) is 0 Å². The molecule has 1 aromatic rings. The van der Waals surface area contributed by atoms with Gasteiger partial charge in [-0.3, -0.25) is 4.90 Å². The van der Waals surface area contributed by atoms with Gasteiger partial charge in [0.25, 0.3) is 5.89 Å². The first-order chi connectivity index (χ1) is 10.3. The van der Waals surface area contributed by atoms with Crippen molar-refractivity contribution in [3.05, 3.63) is 11.7 Å². The number of hydrogen-bond acceptors (Lipinski definition) is 6. The Labute approximate surface area is 126 Å². The summed E-state index contributed by atoms with van der Waals surface area (Å²) in [7, 11) is 0. The molecule has 0 spiro atoms. The molecule has 0 radical (unpaired) electrons. The Balaban J connectivity index is 1.71. The second-order valence-electron chi connectivity index (χ2n) is 6.09. The molecule has 1 aromatic heterocycles. The third-order valence-corrected chi connectivity index (χ3v) is 4.42. The van der Waals surface area contributed by atoms with Crippen molar-refractivity contribution < 1.29 is 9.26 Å². The molecule has 0 aliphatic carbocycles. The SMILES string of the molecule is CCCC(c1noc(C2CCC(C)O2)n1)N1CCNCC1. The summed E-state index contributed by atoms with van der Waals surface area (Å²) in [5, 5.41) is 7.64. The lowest BCUT2D eigenvalue weighted by Gasteiger charge is -2.33. The van der Waals surface area contributed by atoms with E-state index in [0.717, 1.165) is 57.7 Å². The molecule has 2 aliphatic heterocycles. The van der Waals surface area contributed by atoms with Crippen LogP contribution in [-0.4, -0.2) is 47.3 Å². The molecule has 2 fully saturated rings. The van der Waals surface area contributed by atoms with Crippen LogP contribution < -0.4 is 5.32 Å². The average Bonchev–Trinajstić information content (AvgIpc) is 3.14. The molecular formula is C15H26N4O2. The third-order valence-electron chi connectivity index (χ3n) is 4.42. The Morgan fingerprint density at radius 3 is 2.81 bits per heavy atom. The lowest BCUT2D eigenvalue weighted by molar-refractivity contribution is 0.0355. The predicted molar refractivity (Wildman–Crippen MR) is 78.9 cm³/mol. The van der Waals surface area contributed by atoms with E-state index in [-0.39, 0.29) is 12.1 Å². The first-order valence-electron chi connectivity index (χ1n) is 8.21. The maximum atomic E-state index is 5.83. The average molecular weight is 294 g/mol. The second kappa shape index (κ2) is 6.85. The summed E-state index contributed by atoms with van der Waals surface area (Å²) in [6.45, 7) is 8.47. The highest BCUT2D eigenvalue weighted by Gasteiger charge is 2.31. The van der Waals surface area contributed by atoms with E-state index in [9.17, 15) is 0 Å². The molecule has 0 amide bonds. The normalized spacial score (nSPS) is 28.9. The molecule has 3 heterocycles. The topological polar surface area (TPSA) is 63.4 Å². The fourth-order valence-electron chi connectivity index (χ4n) is 3.24. The monoisotopic (exact) mass is 294 g/mol. The Morgan fingerprint density at radius 2 is 2.14 bits per heavy atom. The zero-order valence-corrected chi connectivity index (χ0v) is 13.0. The maximum absolute atomic E-state index is 5.83. The summed E-state index contributed by atoms with van der Waals surface area (Å²) < 4.78 is 11.3. The van der Waals surface area contributed by atoms with Gasteiger partial charge < -0.3 is 14.6 Å². The van der Waals surface area contributed by atoms with Crippen molar-refractivity contribution in [2.24, 2.45) is 0 Å². The van der Waals surface area contributed by atoms with E-state index in [0.29, 0.717) is 12.0 Å². The number of nitrogens with one attached hydrogen (secondary N) is 1. The van der Waals surface area contributed by atoms with Crippen LogP contribution in [0.25, 0.3) is 0 Å². The quantitative estimate of drug-likeness (QED) is 0.897. The Bertz CT molecular complexity index is 445. The molecule has 0 aromatic carbocycles. The van der Waals surface area contributed by atoms with Gasteiger partial charge in [0.2, 0.25) is 0 Å². The highest BCUT2D eigenvalue weighted by molar-refractivity contribution is 4.99. The van der Waals surface area contributed by atoms with E-state index in [2.05, 4.69) is 34.2 Å². The molecule has 6 heteroatoms. The van der Waals surface area contributed by atoms with E-state index < -0.39 is 0 Å². The first-order valence-corrected chi connectivity index (χ1v) is 8.21. The van der Waals surface area contributed by atoms with Crippen molar-refractivity contribution in [1.82, 2.24) is 20.4 Å². The zero-order valence-electron chi connectivity index (χ0n) is 13.0. The summed E-state index contributed by atoms with van der Waals surface area (Å²) in [5.74, 6) is 1.49. The number of nitrogens with zero attached hydrogens (tertiary/aromatic N) is 3. The van der Waals surface area contributed by atoms with E-state index in [4.69, 9.17) is 9.26 Å². The Hall–Kier alpha value is -0.980. The Morgan fingerprint density at radius 1 is 1.33 bits per heavy atom. The number of ether oxygens (including phenoxy) is 1. The summed E-state index contributed by atoms with van der Waals surface area (Å²) in [6, 6.07) is 0.272. The van der Waals surface area contributed by atoms with Crippen LogP contribution in [0.1, 0.15) is 63.4 Å². The van der Waals surface area contributed by atoms with Crippen LogP contribution in [-0.2, 0) is 4.74 Å². The van der Waals surface area contributed by atoms with Gasteiger partial charge in [-0.25, -0.2) is 0 Å². The van der Waals surface area contributed by atoms with Crippen molar-refractivity contribution in [2.75, 3.05) is 26.2 Å². The molecule has 118 valence electrons. The summed E-state index contributed by atoms with van der Waals surface area (Å²) in [5.41, 5.74) is 0. The molecule has 0 saturated carbocycles. The minimum atomic E-state index is -0.00782. The zero-order chi connectivity index (χ0) is 14.7. The van der Waals surface area contributed by atoms with Crippen molar-refractivity contribution in [1.29, 1.82) is 0 Å². The van der Waals surface area contributed by atoms with Crippen LogP contribution in [0.15, 0.2) is 4.52 Å². The number of hydrogen-bond donors (Lipinski definition) is 1. The standard InChI is InChI=1S/C15H26N4O2/c1-3-4-12(19-9-7-16-8-10-19)14-17-15(21-18-14)13-6-5-11(2)20-13/h11-13,16H,3-10H2,1-2H3. The summed E-state index contributed by atoms with van der Waals surface area (Å²) in [4.78, 5) is 7.12. The fraction of sp³-hybridized carbons (Fsp3) is 0.867. The van der Waals surface area contributed by atoms with Gasteiger partial charge in [0.05, 0.1) is 12.1 Å². The lowest BCUT2D eigenvalue weighted by Crippen LogP contribution is -2.45. The highest BCUT2D eigenvalue weighted by Crippen LogP contribution is 2.33. The van der Waals surface area contributed by atoms with Crippen LogP contribution >= 0.6 is 0 Å². The summed E-state index contributed by atoms with van der Waals surface area (Å²) in [6.07, 6.45) is 4.53. The summed E-state index contributed by atoms with van der Waals surface area (Å²) >= 11 is 0. The van der Waals surface area contributed by atoms with Gasteiger partial charge in [-0.05, 0) is 26.2 Å². The van der Waals surface area contributed by atoms with E-state index >= 15 is 0 Å². The molecule has 3 atom stereocenters. The van der Waals surface area contributed by atoms with E-state index in [1.807, 2.05) is 0 Å². The fourth-order valence-corrected chi connectivity index (χ4v) is 3.24. The predicted octanol–water partition coefficient (Wildman–Crippen LogP) is 2.06. The molecule has 0 bridgehead atoms. The second-order valence-corrected chi connectivity index (χ2v) is 6.09. The molecule has 6 nitrogen and oxygen atoms in total. The van der Waals surface area contributed by atoms with Gasteiger partial charge >= 0.3 is 0 Å². The third kappa shape index (κ3) is 3.44. The van der Waals surface area contributed by atoms with Crippen LogP contribution in [0, 0.1) is 0 Å². The molecule has 21 heavy (non-hydrogen) atoms. The lowest BCUT2D eigenvalue weighted by atomic mass is 10.1. The van der Waals surface area contributed by atoms with Gasteiger partial charge in [-0.2, -0.15) is 4.98 Å².